The van der Waals surface area contributed by atoms with Crippen LogP contribution in [-0.4, -0.2) is 31.3 Å². The first-order valence-electron chi connectivity index (χ1n) is 8.44. The molecule has 3 nitrogen and oxygen atoms in total. The minimum Gasteiger partial charge on any atom is -0.283 e. The van der Waals surface area contributed by atoms with Crippen molar-refractivity contribution in [2.24, 2.45) is 0 Å². The zero-order valence-corrected chi connectivity index (χ0v) is 15.4. The Morgan fingerprint density at radius 3 is 2.26 bits per heavy atom. The molecule has 1 atom stereocenters. The molecule has 1 heterocycles. The molecular weight excluding hydrogens is 302 g/mol. The van der Waals surface area contributed by atoms with E-state index in [-0.39, 0.29) is 11.8 Å². The highest BCUT2D eigenvalue weighted by molar-refractivity contribution is 6.78. The number of allylic oxidation sites excluding steroid dienone is 2. The van der Waals surface area contributed by atoms with Gasteiger partial charge in [0.25, 0.3) is 0 Å². The molecule has 124 valence electrons. The van der Waals surface area contributed by atoms with Gasteiger partial charge in [-0.2, -0.15) is 0 Å². The van der Waals surface area contributed by atoms with Gasteiger partial charge < -0.3 is 0 Å². The first kappa shape index (κ1) is 17.7. The van der Waals surface area contributed by atoms with Gasteiger partial charge >= 0.3 is 0 Å². The predicted molar refractivity (Wildman–Crippen MR) is 96.9 cm³/mol. The fourth-order valence-electron chi connectivity index (χ4n) is 3.03. The van der Waals surface area contributed by atoms with Crippen molar-refractivity contribution in [2.75, 3.05) is 6.54 Å². The molecule has 0 N–H and O–H groups in total. The van der Waals surface area contributed by atoms with Gasteiger partial charge in [0.15, 0.2) is 0 Å². The Labute approximate surface area is 140 Å². The number of nitrogens with zero attached hydrogens (tertiary/aromatic N) is 1. The Bertz CT molecular complexity index is 559. The zero-order valence-electron chi connectivity index (χ0n) is 14.4. The third-order valence-electron chi connectivity index (χ3n) is 4.33. The highest BCUT2D eigenvalue weighted by Crippen LogP contribution is 2.28. The van der Waals surface area contributed by atoms with Crippen molar-refractivity contribution < 1.29 is 9.59 Å². The monoisotopic (exact) mass is 329 g/mol. The minimum atomic E-state index is -1.34. The summed E-state index contributed by atoms with van der Waals surface area (Å²) in [6, 6.07) is 10.7. The molecule has 1 aliphatic heterocycles. The van der Waals surface area contributed by atoms with Crippen LogP contribution in [0.2, 0.25) is 19.6 Å². The molecule has 1 fully saturated rings. The Kier molecular flexibility index (Phi) is 5.94. The number of amides is 2. The minimum absolute atomic E-state index is 0.0109. The second kappa shape index (κ2) is 7.73. The van der Waals surface area contributed by atoms with Crippen LogP contribution in [0.15, 0.2) is 42.5 Å². The third-order valence-corrected chi connectivity index (χ3v) is 6.72. The van der Waals surface area contributed by atoms with Crippen molar-refractivity contribution in [2.45, 2.75) is 50.9 Å². The first-order valence-corrected chi connectivity index (χ1v) is 12.0. The molecule has 1 saturated heterocycles. The van der Waals surface area contributed by atoms with Crippen LogP contribution in [0.4, 0.5) is 0 Å². The van der Waals surface area contributed by atoms with Crippen molar-refractivity contribution in [1.29, 1.82) is 0 Å². The van der Waals surface area contributed by atoms with Gasteiger partial charge in [0.1, 0.15) is 0 Å². The average Bonchev–Trinajstić information content (AvgIpc) is 2.82. The summed E-state index contributed by atoms with van der Waals surface area (Å²) in [6.45, 7) is 7.72. The molecule has 0 bridgehead atoms. The summed E-state index contributed by atoms with van der Waals surface area (Å²) in [4.78, 5) is 24.5. The lowest BCUT2D eigenvalue weighted by molar-refractivity contribution is -0.138. The van der Waals surface area contributed by atoms with Gasteiger partial charge in [-0.15, -0.1) is 0 Å². The number of imide groups is 1. The van der Waals surface area contributed by atoms with Crippen molar-refractivity contribution in [3.63, 3.8) is 0 Å². The fourth-order valence-corrected chi connectivity index (χ4v) is 4.94. The number of carbonyl (C=O) groups excluding carboxylic acids is 2. The second-order valence-electron chi connectivity index (χ2n) is 7.26. The Hall–Kier alpha value is -1.68. The molecule has 1 unspecified atom stereocenters. The number of rotatable bonds is 7. The largest absolute Gasteiger partial charge is 0.283 e. The molecule has 0 saturated carbocycles. The number of likely N-dealkylation sites (tertiary alicyclic amines) is 1. The lowest BCUT2D eigenvalue weighted by atomic mass is 10.1. The lowest BCUT2D eigenvalue weighted by Crippen LogP contribution is -2.30. The smallest absolute Gasteiger partial charge is 0.229 e. The maximum atomic E-state index is 11.6. The van der Waals surface area contributed by atoms with E-state index < -0.39 is 8.07 Å². The predicted octanol–water partition coefficient (Wildman–Crippen LogP) is 4.13. The van der Waals surface area contributed by atoms with Gasteiger partial charge in [-0.05, 0) is 23.9 Å². The molecule has 2 rings (SSSR count). The normalized spacial score (nSPS) is 17.3. The molecule has 0 radical (unpaired) electrons. The van der Waals surface area contributed by atoms with Gasteiger partial charge in [0.05, 0.1) is 8.07 Å². The zero-order chi connectivity index (χ0) is 16.9. The molecule has 1 aromatic rings. The summed E-state index contributed by atoms with van der Waals surface area (Å²) >= 11 is 0. The van der Waals surface area contributed by atoms with Gasteiger partial charge in [0, 0.05) is 19.4 Å². The van der Waals surface area contributed by atoms with Crippen molar-refractivity contribution in [3.05, 3.63) is 48.0 Å². The van der Waals surface area contributed by atoms with E-state index >= 15 is 0 Å². The van der Waals surface area contributed by atoms with E-state index in [1.54, 1.807) is 0 Å². The Morgan fingerprint density at radius 1 is 1.09 bits per heavy atom. The highest BCUT2D eigenvalue weighted by Gasteiger charge is 2.28. The number of carbonyl (C=O) groups is 2. The molecule has 0 spiro atoms. The van der Waals surface area contributed by atoms with Crippen LogP contribution in [0.1, 0.15) is 36.8 Å². The Balaban J connectivity index is 1.89. The average molecular weight is 330 g/mol. The summed E-state index contributed by atoms with van der Waals surface area (Å²) in [6.07, 6.45) is 7.09. The Morgan fingerprint density at radius 2 is 1.70 bits per heavy atom. The van der Waals surface area contributed by atoms with Crippen LogP contribution in [0, 0.1) is 0 Å². The summed E-state index contributed by atoms with van der Waals surface area (Å²) in [5.41, 5.74) is 1.88. The van der Waals surface area contributed by atoms with E-state index in [0.29, 0.717) is 24.9 Å². The highest BCUT2D eigenvalue weighted by atomic mass is 28.3. The summed E-state index contributed by atoms with van der Waals surface area (Å²) < 4.78 is 0. The van der Waals surface area contributed by atoms with Gasteiger partial charge in [-0.1, -0.05) is 62.1 Å². The van der Waals surface area contributed by atoms with Crippen LogP contribution in [0.3, 0.4) is 0 Å². The van der Waals surface area contributed by atoms with E-state index in [2.05, 4.69) is 62.1 Å². The molecule has 23 heavy (non-hydrogen) atoms. The van der Waals surface area contributed by atoms with E-state index in [0.717, 1.165) is 12.8 Å². The molecule has 4 heteroatoms. The van der Waals surface area contributed by atoms with Crippen molar-refractivity contribution in [1.82, 2.24) is 4.90 Å². The van der Waals surface area contributed by atoms with Gasteiger partial charge in [-0.3, -0.25) is 14.5 Å². The van der Waals surface area contributed by atoms with Crippen LogP contribution < -0.4 is 0 Å². The van der Waals surface area contributed by atoms with E-state index in [4.69, 9.17) is 0 Å². The summed E-state index contributed by atoms with van der Waals surface area (Å²) in [5, 5.41) is 0. The SMILES string of the molecule is C[Si](C)(C)C(/C=C/CCCN1C(=O)CCC1=O)c1ccccc1. The van der Waals surface area contributed by atoms with Gasteiger partial charge in [0.2, 0.25) is 11.8 Å². The topological polar surface area (TPSA) is 37.4 Å². The van der Waals surface area contributed by atoms with E-state index in [1.807, 2.05) is 0 Å². The third kappa shape index (κ3) is 4.89. The van der Waals surface area contributed by atoms with Crippen molar-refractivity contribution >= 4 is 19.9 Å². The molecule has 0 aliphatic carbocycles. The fraction of sp³-hybridized carbons (Fsp3) is 0.474. The quantitative estimate of drug-likeness (QED) is 0.326. The van der Waals surface area contributed by atoms with Crippen LogP contribution in [0.5, 0.6) is 0 Å². The standard InChI is InChI=1S/C19H27NO2Si/c1-23(2,3)17(16-10-6-4-7-11-16)12-8-5-9-15-20-18(21)13-14-19(20)22/h4,6-8,10-12,17H,5,9,13-15H2,1-3H3/b12-8+. The molecule has 0 aromatic heterocycles. The number of hydrogen-bond donors (Lipinski definition) is 0. The van der Waals surface area contributed by atoms with E-state index in [1.165, 1.54) is 10.5 Å². The molecule has 1 aromatic carbocycles. The molecule has 1 aliphatic rings. The number of hydrogen-bond acceptors (Lipinski definition) is 2. The van der Waals surface area contributed by atoms with E-state index in [9.17, 15) is 9.59 Å². The summed E-state index contributed by atoms with van der Waals surface area (Å²) in [7, 11) is -1.34. The first-order chi connectivity index (χ1) is 10.9. The molecule has 2 amide bonds. The van der Waals surface area contributed by atoms with Gasteiger partial charge in [-0.25, -0.2) is 0 Å². The van der Waals surface area contributed by atoms with Crippen molar-refractivity contribution in [3.8, 4) is 0 Å². The van der Waals surface area contributed by atoms with Crippen LogP contribution >= 0.6 is 0 Å². The maximum absolute atomic E-state index is 11.6. The number of benzene rings is 1. The van der Waals surface area contributed by atoms with Crippen LogP contribution in [-0.2, 0) is 9.59 Å². The maximum Gasteiger partial charge on any atom is 0.229 e. The number of unbranched alkanes of at least 4 members (excludes halogenated alkanes) is 1. The lowest BCUT2D eigenvalue weighted by Gasteiger charge is -2.26. The summed E-state index contributed by atoms with van der Waals surface area (Å²) in [5.74, 6) is -0.0218. The van der Waals surface area contributed by atoms with Crippen LogP contribution in [0.25, 0.3) is 0 Å². The molecular formula is C19H27NO2Si. The second-order valence-corrected chi connectivity index (χ2v) is 12.6.